The molecule has 0 atom stereocenters. The van der Waals surface area contributed by atoms with Gasteiger partial charge in [0.1, 0.15) is 12.7 Å². The zero-order valence-corrected chi connectivity index (χ0v) is 10.9. The Kier molecular flexibility index (Phi) is 2.77. The number of aryl methyl sites for hydroxylation is 1. The van der Waals surface area contributed by atoms with Gasteiger partial charge >= 0.3 is 0 Å². The molecule has 8 heteroatoms. The Morgan fingerprint density at radius 2 is 2.11 bits per heavy atom. The molecule has 0 unspecified atom stereocenters. The van der Waals surface area contributed by atoms with E-state index in [-0.39, 0.29) is 5.28 Å². The summed E-state index contributed by atoms with van der Waals surface area (Å²) in [6.07, 6.45) is 2.92. The van der Waals surface area contributed by atoms with Gasteiger partial charge in [-0.25, -0.2) is 4.98 Å². The zero-order chi connectivity index (χ0) is 12.5. The average molecular weight is 279 g/mol. The number of hydrogen-bond donors (Lipinski definition) is 0. The second-order valence-corrected chi connectivity index (χ2v) is 5.10. The highest BCUT2D eigenvalue weighted by Gasteiger charge is 2.10. The lowest BCUT2D eigenvalue weighted by molar-refractivity contribution is 0.797. The van der Waals surface area contributed by atoms with E-state index in [1.807, 2.05) is 19.1 Å². The number of nitrogens with zero attached hydrogens (tertiary/aromatic N) is 6. The second-order valence-electron chi connectivity index (χ2n) is 3.48. The molecular formula is C10H7ClN6S. The Hall–Kier alpha value is -1.86. The predicted molar refractivity (Wildman–Crippen MR) is 67.8 cm³/mol. The van der Waals surface area contributed by atoms with Gasteiger partial charge in [-0.1, -0.05) is 0 Å². The van der Waals surface area contributed by atoms with Crippen molar-refractivity contribution in [3.63, 3.8) is 0 Å². The molecule has 0 radical (unpaired) electrons. The van der Waals surface area contributed by atoms with E-state index in [4.69, 9.17) is 11.6 Å². The summed E-state index contributed by atoms with van der Waals surface area (Å²) in [7, 11) is 0. The fourth-order valence-corrected chi connectivity index (χ4v) is 2.38. The minimum absolute atomic E-state index is 0.136. The van der Waals surface area contributed by atoms with Crippen molar-refractivity contribution in [2.24, 2.45) is 0 Å². The van der Waals surface area contributed by atoms with Crippen LogP contribution in [0.15, 0.2) is 24.8 Å². The first-order chi connectivity index (χ1) is 8.72. The molecule has 0 bridgehead atoms. The minimum Gasteiger partial charge on any atom is -0.223 e. The zero-order valence-electron chi connectivity index (χ0n) is 9.28. The van der Waals surface area contributed by atoms with Crippen LogP contribution in [-0.4, -0.2) is 29.7 Å². The van der Waals surface area contributed by atoms with Gasteiger partial charge in [-0.3, -0.25) is 0 Å². The number of hydrogen-bond acceptors (Lipinski definition) is 6. The van der Waals surface area contributed by atoms with Crippen LogP contribution in [0.25, 0.3) is 16.6 Å². The fraction of sp³-hybridized carbons (Fsp3) is 0.100. The highest BCUT2D eigenvalue weighted by molar-refractivity contribution is 7.15. The van der Waals surface area contributed by atoms with Gasteiger partial charge in [0.15, 0.2) is 5.82 Å². The molecule has 6 nitrogen and oxygen atoms in total. The lowest BCUT2D eigenvalue weighted by atomic mass is 10.4. The standard InChI is InChI=1S/C10H7ClN6S/c1-6-2-3-7(18-6)8-14-9(11)16-10(15-8)17-5-12-4-13-17/h2-5H,1H3. The molecule has 3 heterocycles. The van der Waals surface area contributed by atoms with E-state index in [1.54, 1.807) is 11.3 Å². The highest BCUT2D eigenvalue weighted by Crippen LogP contribution is 2.25. The predicted octanol–water partition coefficient (Wildman–Crippen LogP) is 2.14. The van der Waals surface area contributed by atoms with Crippen molar-refractivity contribution >= 4 is 22.9 Å². The molecular weight excluding hydrogens is 272 g/mol. The van der Waals surface area contributed by atoms with Gasteiger partial charge in [-0.05, 0) is 30.7 Å². The van der Waals surface area contributed by atoms with E-state index in [0.29, 0.717) is 11.8 Å². The molecule has 0 aliphatic rings. The van der Waals surface area contributed by atoms with Crippen molar-refractivity contribution in [1.82, 2.24) is 29.7 Å². The summed E-state index contributed by atoms with van der Waals surface area (Å²) in [5, 5.41) is 4.10. The molecule has 0 aliphatic carbocycles. The number of thiophene rings is 1. The number of aromatic nitrogens is 6. The van der Waals surface area contributed by atoms with Gasteiger partial charge in [-0.2, -0.15) is 24.7 Å². The summed E-state index contributed by atoms with van der Waals surface area (Å²) >= 11 is 7.50. The smallest absolute Gasteiger partial charge is 0.223 e. The third kappa shape index (κ3) is 2.09. The first kappa shape index (κ1) is 11.2. The molecule has 90 valence electrons. The summed E-state index contributed by atoms with van der Waals surface area (Å²) in [5.74, 6) is 0.896. The Morgan fingerprint density at radius 1 is 1.22 bits per heavy atom. The molecule has 0 N–H and O–H groups in total. The van der Waals surface area contributed by atoms with E-state index in [2.05, 4.69) is 25.0 Å². The monoisotopic (exact) mass is 278 g/mol. The highest BCUT2D eigenvalue weighted by atomic mass is 35.5. The lowest BCUT2D eigenvalue weighted by Gasteiger charge is -2.01. The van der Waals surface area contributed by atoms with E-state index in [1.165, 1.54) is 22.2 Å². The first-order valence-electron chi connectivity index (χ1n) is 5.06. The molecule has 0 saturated heterocycles. The van der Waals surface area contributed by atoms with E-state index < -0.39 is 0 Å². The Bertz CT molecular complexity index is 678. The van der Waals surface area contributed by atoms with E-state index >= 15 is 0 Å². The molecule has 3 aromatic heterocycles. The fourth-order valence-electron chi connectivity index (χ4n) is 1.42. The maximum Gasteiger partial charge on any atom is 0.256 e. The first-order valence-corrected chi connectivity index (χ1v) is 6.25. The molecule has 0 aromatic carbocycles. The van der Waals surface area contributed by atoms with Crippen LogP contribution in [0.2, 0.25) is 5.28 Å². The summed E-state index contributed by atoms with van der Waals surface area (Å²) < 4.78 is 1.44. The van der Waals surface area contributed by atoms with E-state index in [0.717, 1.165) is 4.88 Å². The number of rotatable bonds is 2. The topological polar surface area (TPSA) is 69.4 Å². The summed E-state index contributed by atoms with van der Waals surface area (Å²) in [6.45, 7) is 2.02. The van der Waals surface area contributed by atoms with E-state index in [9.17, 15) is 0 Å². The SMILES string of the molecule is Cc1ccc(-c2nc(Cl)nc(-n3cncn3)n2)s1. The van der Waals surface area contributed by atoms with Gasteiger partial charge in [0.25, 0.3) is 5.95 Å². The van der Waals surface area contributed by atoms with Crippen LogP contribution in [-0.2, 0) is 0 Å². The Labute approximate surface area is 111 Å². The van der Waals surface area contributed by atoms with Crippen LogP contribution >= 0.6 is 22.9 Å². The maximum absolute atomic E-state index is 5.90. The molecule has 3 rings (SSSR count). The molecule has 3 aromatic rings. The molecule has 0 amide bonds. The molecule has 0 aliphatic heterocycles. The largest absolute Gasteiger partial charge is 0.256 e. The molecule has 0 fully saturated rings. The van der Waals surface area contributed by atoms with Crippen molar-refractivity contribution in [2.75, 3.05) is 0 Å². The van der Waals surface area contributed by atoms with Crippen molar-refractivity contribution in [1.29, 1.82) is 0 Å². The summed E-state index contributed by atoms with van der Waals surface area (Å²) in [6, 6.07) is 3.96. The van der Waals surface area contributed by atoms with Crippen molar-refractivity contribution in [2.45, 2.75) is 6.92 Å². The normalized spacial score (nSPS) is 10.8. The maximum atomic E-state index is 5.90. The Morgan fingerprint density at radius 3 is 2.78 bits per heavy atom. The molecule has 0 spiro atoms. The third-order valence-electron chi connectivity index (χ3n) is 2.18. The van der Waals surface area contributed by atoms with Crippen LogP contribution in [0.1, 0.15) is 4.88 Å². The van der Waals surface area contributed by atoms with Crippen LogP contribution in [0.5, 0.6) is 0 Å². The van der Waals surface area contributed by atoms with Crippen LogP contribution in [0.4, 0.5) is 0 Å². The van der Waals surface area contributed by atoms with Crippen LogP contribution in [0, 0.1) is 6.92 Å². The average Bonchev–Trinajstić information content (AvgIpc) is 2.98. The van der Waals surface area contributed by atoms with Crippen molar-refractivity contribution < 1.29 is 0 Å². The van der Waals surface area contributed by atoms with Crippen molar-refractivity contribution in [3.8, 4) is 16.6 Å². The molecule has 0 saturated carbocycles. The van der Waals surface area contributed by atoms with Crippen molar-refractivity contribution in [3.05, 3.63) is 34.9 Å². The van der Waals surface area contributed by atoms with Gasteiger partial charge in [0, 0.05) is 4.88 Å². The number of halogens is 1. The molecule has 18 heavy (non-hydrogen) atoms. The van der Waals surface area contributed by atoms with Gasteiger partial charge in [0.2, 0.25) is 5.28 Å². The third-order valence-corrected chi connectivity index (χ3v) is 3.35. The summed E-state index contributed by atoms with van der Waals surface area (Å²) in [4.78, 5) is 18.4. The Balaban J connectivity index is 2.11. The van der Waals surface area contributed by atoms with Crippen LogP contribution in [0.3, 0.4) is 0 Å². The second kappa shape index (κ2) is 4.43. The summed E-state index contributed by atoms with van der Waals surface area (Å²) in [5.41, 5.74) is 0. The quantitative estimate of drug-likeness (QED) is 0.718. The van der Waals surface area contributed by atoms with Gasteiger partial charge in [0.05, 0.1) is 4.88 Å². The van der Waals surface area contributed by atoms with Gasteiger partial charge < -0.3 is 0 Å². The minimum atomic E-state index is 0.136. The van der Waals surface area contributed by atoms with Crippen LogP contribution < -0.4 is 0 Å². The lowest BCUT2D eigenvalue weighted by Crippen LogP contribution is -2.04. The van der Waals surface area contributed by atoms with Gasteiger partial charge in [-0.15, -0.1) is 11.3 Å².